The number of fused-ring (bicyclic) bond motifs is 1. The van der Waals surface area contributed by atoms with Crippen molar-refractivity contribution in [3.8, 4) is 17.2 Å². The number of hydrogen-bond donors (Lipinski definition) is 1. The van der Waals surface area contributed by atoms with Gasteiger partial charge in [0.1, 0.15) is 5.75 Å². The molecule has 1 nitrogen and oxygen atoms in total. The quantitative estimate of drug-likeness (QED) is 0.562. The van der Waals surface area contributed by atoms with Gasteiger partial charge in [-0.15, -0.1) is 5.54 Å². The van der Waals surface area contributed by atoms with Crippen LogP contribution >= 0.6 is 0 Å². The smallest absolute Gasteiger partial charge is 0.156 e. The van der Waals surface area contributed by atoms with Crippen LogP contribution in [-0.4, -0.2) is 14.6 Å². The molecular weight excluding hydrogens is 308 g/mol. The lowest BCUT2D eigenvalue weighted by Gasteiger charge is -2.43. The Labute approximate surface area is 149 Å². The molecule has 0 aliphatic carbocycles. The van der Waals surface area contributed by atoms with E-state index in [1.54, 1.807) is 12.1 Å². The Balaban J connectivity index is 2.39. The van der Waals surface area contributed by atoms with Gasteiger partial charge >= 0.3 is 0 Å². The van der Waals surface area contributed by atoms with Gasteiger partial charge in [-0.05, 0) is 57.8 Å². The Morgan fingerprint density at radius 3 is 2.12 bits per heavy atom. The molecule has 2 aromatic carbocycles. The van der Waals surface area contributed by atoms with E-state index >= 15 is 0 Å². The highest BCUT2D eigenvalue weighted by molar-refractivity contribution is 6.50. The molecule has 0 saturated carbocycles. The van der Waals surface area contributed by atoms with Crippen molar-refractivity contribution < 1.29 is 5.11 Å². The number of aromatic hydroxyl groups is 1. The molecule has 0 aliphatic rings. The minimum atomic E-state index is 0.260. The van der Waals surface area contributed by atoms with Crippen LogP contribution in [0.1, 0.15) is 47.1 Å². The van der Waals surface area contributed by atoms with Crippen molar-refractivity contribution >= 4 is 20.3 Å². The molecule has 0 fully saturated rings. The lowest BCUT2D eigenvalue weighted by Crippen LogP contribution is -2.36. The molecule has 2 aromatic rings. The lowest BCUT2D eigenvalue weighted by molar-refractivity contribution is 0.233. The van der Waals surface area contributed by atoms with Crippen molar-refractivity contribution in [2.75, 3.05) is 0 Å². The summed E-state index contributed by atoms with van der Waals surface area (Å²) in [6.07, 6.45) is 0. The number of phenolic OH excluding ortho intramolecular Hbond substituents is 1. The summed E-state index contributed by atoms with van der Waals surface area (Å²) >= 11 is 0. The Morgan fingerprint density at radius 2 is 1.54 bits per heavy atom. The summed E-state index contributed by atoms with van der Waals surface area (Å²) in [6.45, 7) is 14.0. The van der Waals surface area contributed by atoms with E-state index in [2.05, 4.69) is 59.1 Å². The molecule has 0 amide bonds. The third-order valence-electron chi connectivity index (χ3n) is 5.21. The minimum absolute atomic E-state index is 0.260. The third kappa shape index (κ3) is 3.52. The highest BCUT2D eigenvalue weighted by Crippen LogP contribution is 2.48. The normalized spacial score (nSPS) is 12.0. The highest BCUT2D eigenvalue weighted by Gasteiger charge is 2.40. The van der Waals surface area contributed by atoms with Crippen LogP contribution in [0, 0.1) is 29.2 Å². The maximum absolute atomic E-state index is 9.65. The molecule has 2 rings (SSSR count). The standard InChI is InChI=1S/C22H28OSi/c1-15(2)22(16(3)4,17(5)6)24-13-12-18-8-7-9-19-14-20(23)10-11-21(18)19/h7-11,14-17,23H,1-6H3. The lowest BCUT2D eigenvalue weighted by atomic mass is 9.76. The van der Waals surface area contributed by atoms with Gasteiger partial charge in [-0.2, -0.15) is 0 Å². The highest BCUT2D eigenvalue weighted by atomic mass is 28.2. The van der Waals surface area contributed by atoms with Gasteiger partial charge in [0, 0.05) is 5.56 Å². The van der Waals surface area contributed by atoms with Gasteiger partial charge in [0.25, 0.3) is 0 Å². The number of hydrogen-bond acceptors (Lipinski definition) is 1. The van der Waals surface area contributed by atoms with Gasteiger partial charge < -0.3 is 5.11 Å². The van der Waals surface area contributed by atoms with Crippen molar-refractivity contribution in [1.82, 2.24) is 0 Å². The van der Waals surface area contributed by atoms with E-state index in [0.717, 1.165) is 16.3 Å². The van der Waals surface area contributed by atoms with Crippen molar-refractivity contribution in [2.45, 2.75) is 46.6 Å². The predicted molar refractivity (Wildman–Crippen MR) is 105 cm³/mol. The summed E-state index contributed by atoms with van der Waals surface area (Å²) in [5, 5.41) is 12.1. The van der Waals surface area contributed by atoms with Crippen LogP contribution in [0.2, 0.25) is 5.04 Å². The Kier molecular flexibility index (Phi) is 5.77. The summed E-state index contributed by atoms with van der Waals surface area (Å²) in [5.74, 6) is 5.53. The van der Waals surface area contributed by atoms with Crippen molar-refractivity contribution in [2.24, 2.45) is 17.8 Å². The summed E-state index contributed by atoms with van der Waals surface area (Å²) in [7, 11) is 0.618. The SMILES string of the molecule is CC(C)C([Si]C#Cc1cccc2cc(O)ccc12)(C(C)C)C(C)C. The van der Waals surface area contributed by atoms with Crippen molar-refractivity contribution in [3.05, 3.63) is 42.0 Å². The summed E-state index contributed by atoms with van der Waals surface area (Å²) in [5.41, 5.74) is 4.56. The van der Waals surface area contributed by atoms with E-state index < -0.39 is 0 Å². The minimum Gasteiger partial charge on any atom is -0.508 e. The van der Waals surface area contributed by atoms with E-state index in [-0.39, 0.29) is 5.04 Å². The van der Waals surface area contributed by atoms with Crippen LogP contribution < -0.4 is 0 Å². The van der Waals surface area contributed by atoms with Gasteiger partial charge in [-0.1, -0.05) is 59.6 Å². The van der Waals surface area contributed by atoms with E-state index in [9.17, 15) is 5.11 Å². The maximum atomic E-state index is 9.65. The second kappa shape index (κ2) is 7.45. The first-order valence-corrected chi connectivity index (χ1v) is 9.79. The summed E-state index contributed by atoms with van der Waals surface area (Å²) < 4.78 is 0. The van der Waals surface area contributed by atoms with Gasteiger partial charge in [-0.3, -0.25) is 0 Å². The fraction of sp³-hybridized carbons (Fsp3) is 0.455. The molecule has 2 heteroatoms. The molecule has 0 heterocycles. The fourth-order valence-corrected chi connectivity index (χ4v) is 5.30. The second-order valence-corrected chi connectivity index (χ2v) is 8.85. The van der Waals surface area contributed by atoms with Crippen LogP contribution in [-0.2, 0) is 0 Å². The fourth-order valence-electron chi connectivity index (χ4n) is 4.02. The van der Waals surface area contributed by atoms with Crippen LogP contribution in [0.15, 0.2) is 36.4 Å². The molecule has 0 bridgehead atoms. The van der Waals surface area contributed by atoms with Crippen LogP contribution in [0.3, 0.4) is 0 Å². The van der Waals surface area contributed by atoms with Gasteiger partial charge in [0.15, 0.2) is 9.52 Å². The summed E-state index contributed by atoms with van der Waals surface area (Å²) in [6, 6.07) is 11.6. The first-order valence-electron chi connectivity index (χ1n) is 8.79. The zero-order valence-electron chi connectivity index (χ0n) is 15.6. The molecule has 24 heavy (non-hydrogen) atoms. The molecular formula is C22H28OSi. The Morgan fingerprint density at radius 1 is 0.917 bits per heavy atom. The van der Waals surface area contributed by atoms with E-state index in [1.807, 2.05) is 18.2 Å². The second-order valence-electron chi connectivity index (χ2n) is 7.48. The van der Waals surface area contributed by atoms with Gasteiger partial charge in [0.2, 0.25) is 0 Å². The zero-order valence-corrected chi connectivity index (χ0v) is 16.6. The molecule has 0 spiro atoms. The van der Waals surface area contributed by atoms with E-state index in [1.165, 1.54) is 0 Å². The Bertz CT molecular complexity index is 741. The van der Waals surface area contributed by atoms with Crippen LogP contribution in [0.5, 0.6) is 5.75 Å². The van der Waals surface area contributed by atoms with Crippen molar-refractivity contribution in [1.29, 1.82) is 0 Å². The molecule has 0 aromatic heterocycles. The molecule has 126 valence electrons. The third-order valence-corrected chi connectivity index (χ3v) is 7.62. The molecule has 1 N–H and O–H groups in total. The first kappa shape index (κ1) is 18.6. The Hall–Kier alpha value is -1.72. The van der Waals surface area contributed by atoms with Crippen molar-refractivity contribution in [3.63, 3.8) is 0 Å². The molecule has 0 atom stereocenters. The van der Waals surface area contributed by atoms with Gasteiger partial charge in [-0.25, -0.2) is 0 Å². The largest absolute Gasteiger partial charge is 0.508 e. The van der Waals surface area contributed by atoms with Gasteiger partial charge in [0.05, 0.1) is 0 Å². The molecule has 2 radical (unpaired) electrons. The first-order chi connectivity index (χ1) is 11.3. The predicted octanol–water partition coefficient (Wildman–Crippen LogP) is 5.69. The van der Waals surface area contributed by atoms with E-state index in [0.29, 0.717) is 33.0 Å². The monoisotopic (exact) mass is 336 g/mol. The molecule has 0 unspecified atom stereocenters. The number of benzene rings is 2. The van der Waals surface area contributed by atoms with E-state index in [4.69, 9.17) is 0 Å². The molecule has 0 aliphatic heterocycles. The maximum Gasteiger partial charge on any atom is 0.156 e. The average Bonchev–Trinajstić information content (AvgIpc) is 2.50. The summed E-state index contributed by atoms with van der Waals surface area (Å²) in [4.78, 5) is 0. The number of rotatable bonds is 4. The van der Waals surface area contributed by atoms with Crippen LogP contribution in [0.25, 0.3) is 10.8 Å². The topological polar surface area (TPSA) is 20.2 Å². The molecule has 0 saturated heterocycles. The average molecular weight is 337 g/mol. The number of phenols is 1. The zero-order chi connectivity index (χ0) is 17.9. The van der Waals surface area contributed by atoms with Crippen LogP contribution in [0.4, 0.5) is 0 Å².